The molecule has 1 aromatic carbocycles. The molecule has 0 fully saturated rings. The topological polar surface area (TPSA) is 104 Å². The van der Waals surface area contributed by atoms with Gasteiger partial charge in [-0.2, -0.15) is 13.9 Å². The van der Waals surface area contributed by atoms with E-state index in [1.807, 2.05) is 6.92 Å². The standard InChI is InChI=1S/C18H20F2N6O2/c1-2-21-16-12-9-22-15(8-13(12)25-26-16)24-18(27)23-14(10-28-17(19)20)11-6-4-3-5-7-11/h3-9,14,17H,2,10H2,1H3,(H2,21,25,26)(H2,22,23,24,27). The summed E-state index contributed by atoms with van der Waals surface area (Å²) in [6, 6.07) is 9.03. The average Bonchev–Trinajstić information content (AvgIpc) is 3.08. The molecule has 8 nitrogen and oxygen atoms in total. The number of pyridine rings is 1. The van der Waals surface area contributed by atoms with Crippen molar-refractivity contribution in [3.8, 4) is 0 Å². The molecule has 2 amide bonds. The largest absolute Gasteiger partial charge is 0.368 e. The van der Waals surface area contributed by atoms with E-state index >= 15 is 0 Å². The van der Waals surface area contributed by atoms with Crippen LogP contribution in [-0.2, 0) is 4.74 Å². The van der Waals surface area contributed by atoms with Gasteiger partial charge in [0.2, 0.25) is 0 Å². The van der Waals surface area contributed by atoms with E-state index in [1.165, 1.54) is 0 Å². The molecule has 0 spiro atoms. The number of benzene rings is 1. The summed E-state index contributed by atoms with van der Waals surface area (Å²) >= 11 is 0. The second-order valence-electron chi connectivity index (χ2n) is 5.87. The molecule has 0 radical (unpaired) electrons. The second kappa shape index (κ2) is 9.09. The Labute approximate surface area is 159 Å². The summed E-state index contributed by atoms with van der Waals surface area (Å²) in [4.78, 5) is 16.5. The van der Waals surface area contributed by atoms with Crippen molar-refractivity contribution >= 4 is 28.6 Å². The molecule has 0 saturated heterocycles. The Bertz CT molecular complexity index is 919. The summed E-state index contributed by atoms with van der Waals surface area (Å²) < 4.78 is 29.2. The molecule has 28 heavy (non-hydrogen) atoms. The predicted molar refractivity (Wildman–Crippen MR) is 101 cm³/mol. The van der Waals surface area contributed by atoms with Crippen LogP contribution < -0.4 is 16.0 Å². The van der Waals surface area contributed by atoms with Crippen molar-refractivity contribution in [2.75, 3.05) is 23.8 Å². The monoisotopic (exact) mass is 390 g/mol. The number of anilines is 2. The fraction of sp³-hybridized carbons (Fsp3) is 0.278. The van der Waals surface area contributed by atoms with Crippen LogP contribution in [0.25, 0.3) is 10.9 Å². The molecule has 0 bridgehead atoms. The third-order valence-corrected chi connectivity index (χ3v) is 3.93. The molecule has 0 aliphatic heterocycles. The van der Waals surface area contributed by atoms with Crippen LogP contribution in [-0.4, -0.2) is 41.0 Å². The van der Waals surface area contributed by atoms with Crippen LogP contribution in [0.4, 0.5) is 25.2 Å². The molecule has 10 heteroatoms. The van der Waals surface area contributed by atoms with Crippen LogP contribution >= 0.6 is 0 Å². The van der Waals surface area contributed by atoms with Gasteiger partial charge in [-0.25, -0.2) is 9.78 Å². The number of urea groups is 1. The highest BCUT2D eigenvalue weighted by Gasteiger charge is 2.17. The van der Waals surface area contributed by atoms with Gasteiger partial charge < -0.3 is 15.4 Å². The van der Waals surface area contributed by atoms with Crippen molar-refractivity contribution in [3.63, 3.8) is 0 Å². The highest BCUT2D eigenvalue weighted by molar-refractivity contribution is 5.94. The number of H-pyrrole nitrogens is 1. The van der Waals surface area contributed by atoms with Gasteiger partial charge in [0.1, 0.15) is 5.82 Å². The maximum atomic E-state index is 12.4. The van der Waals surface area contributed by atoms with Gasteiger partial charge in [-0.3, -0.25) is 10.4 Å². The van der Waals surface area contributed by atoms with Crippen LogP contribution in [0, 0.1) is 0 Å². The molecule has 0 aliphatic rings. The number of aromatic amines is 1. The number of aromatic nitrogens is 3. The zero-order valence-electron chi connectivity index (χ0n) is 15.1. The third kappa shape index (κ3) is 4.92. The number of hydrogen-bond donors (Lipinski definition) is 4. The normalized spacial score (nSPS) is 12.1. The number of hydrogen-bond acceptors (Lipinski definition) is 5. The molecule has 4 N–H and O–H groups in total. The first-order chi connectivity index (χ1) is 13.6. The lowest BCUT2D eigenvalue weighted by molar-refractivity contribution is -0.133. The van der Waals surface area contributed by atoms with E-state index in [9.17, 15) is 13.6 Å². The summed E-state index contributed by atoms with van der Waals surface area (Å²) in [6.45, 7) is -0.626. The molecule has 0 saturated carbocycles. The van der Waals surface area contributed by atoms with Crippen LogP contribution in [0.5, 0.6) is 0 Å². The van der Waals surface area contributed by atoms with Gasteiger partial charge in [0, 0.05) is 18.8 Å². The Morgan fingerprint density at radius 2 is 2.07 bits per heavy atom. The number of halogens is 2. The number of rotatable bonds is 8. The van der Waals surface area contributed by atoms with Crippen molar-refractivity contribution in [1.82, 2.24) is 20.5 Å². The van der Waals surface area contributed by atoms with E-state index in [4.69, 9.17) is 0 Å². The maximum Gasteiger partial charge on any atom is 0.345 e. The van der Waals surface area contributed by atoms with Crippen molar-refractivity contribution in [2.45, 2.75) is 19.6 Å². The predicted octanol–water partition coefficient (Wildman–Crippen LogP) is 3.49. The number of nitrogens with one attached hydrogen (secondary N) is 4. The minimum atomic E-state index is -2.92. The number of alkyl halides is 2. The van der Waals surface area contributed by atoms with Crippen LogP contribution in [0.3, 0.4) is 0 Å². The summed E-state index contributed by atoms with van der Waals surface area (Å²) in [5.74, 6) is 0.965. The molecular weight excluding hydrogens is 370 g/mol. The minimum Gasteiger partial charge on any atom is -0.368 e. The molecule has 3 rings (SSSR count). The Kier molecular flexibility index (Phi) is 6.33. The van der Waals surface area contributed by atoms with Gasteiger partial charge in [0.05, 0.1) is 23.6 Å². The second-order valence-corrected chi connectivity index (χ2v) is 5.87. The summed E-state index contributed by atoms with van der Waals surface area (Å²) in [6.07, 6.45) is 1.58. The van der Waals surface area contributed by atoms with Gasteiger partial charge in [0.15, 0.2) is 5.82 Å². The summed E-state index contributed by atoms with van der Waals surface area (Å²) in [5.41, 5.74) is 1.34. The Balaban J connectivity index is 1.69. The number of fused-ring (bicyclic) bond motifs is 1. The maximum absolute atomic E-state index is 12.4. The van der Waals surface area contributed by atoms with E-state index in [-0.39, 0.29) is 6.61 Å². The molecule has 1 atom stereocenters. The molecule has 0 aliphatic carbocycles. The van der Waals surface area contributed by atoms with Gasteiger partial charge in [0.25, 0.3) is 0 Å². The Morgan fingerprint density at radius 3 is 2.79 bits per heavy atom. The quantitative estimate of drug-likeness (QED) is 0.471. The van der Waals surface area contributed by atoms with Gasteiger partial charge in [-0.05, 0) is 12.5 Å². The number of carbonyl (C=O) groups excluding carboxylic acids is 1. The molecule has 2 aromatic heterocycles. The highest BCUT2D eigenvalue weighted by atomic mass is 19.3. The van der Waals surface area contributed by atoms with E-state index in [2.05, 4.69) is 35.9 Å². The fourth-order valence-electron chi connectivity index (χ4n) is 2.67. The number of amides is 2. The number of nitrogens with zero attached hydrogens (tertiary/aromatic N) is 2. The number of carbonyl (C=O) groups is 1. The van der Waals surface area contributed by atoms with Gasteiger partial charge in [-0.15, -0.1) is 0 Å². The molecule has 2 heterocycles. The first-order valence-electron chi connectivity index (χ1n) is 8.67. The molecule has 1 unspecified atom stereocenters. The van der Waals surface area contributed by atoms with Crippen molar-refractivity contribution in [3.05, 3.63) is 48.2 Å². The lowest BCUT2D eigenvalue weighted by Gasteiger charge is -2.19. The third-order valence-electron chi connectivity index (χ3n) is 3.93. The Morgan fingerprint density at radius 1 is 1.29 bits per heavy atom. The average molecular weight is 390 g/mol. The van der Waals surface area contributed by atoms with E-state index in [0.717, 1.165) is 5.39 Å². The van der Waals surface area contributed by atoms with Crippen LogP contribution in [0.1, 0.15) is 18.5 Å². The first kappa shape index (κ1) is 19.5. The smallest absolute Gasteiger partial charge is 0.345 e. The SMILES string of the molecule is CCNc1n[nH]c2cc(NC(=O)NC(COC(F)F)c3ccccc3)ncc12. The van der Waals surface area contributed by atoms with E-state index < -0.39 is 18.7 Å². The molecular formula is C18H20F2N6O2. The Hall–Kier alpha value is -3.27. The zero-order chi connectivity index (χ0) is 19.9. The lowest BCUT2D eigenvalue weighted by Crippen LogP contribution is -2.35. The lowest BCUT2D eigenvalue weighted by atomic mass is 10.1. The molecule has 148 valence electrons. The zero-order valence-corrected chi connectivity index (χ0v) is 15.1. The van der Waals surface area contributed by atoms with Gasteiger partial charge >= 0.3 is 12.6 Å². The molecule has 3 aromatic rings. The van der Waals surface area contributed by atoms with E-state index in [1.54, 1.807) is 42.6 Å². The first-order valence-corrected chi connectivity index (χ1v) is 8.67. The van der Waals surface area contributed by atoms with Gasteiger partial charge in [-0.1, -0.05) is 30.3 Å². The minimum absolute atomic E-state index is 0.290. The van der Waals surface area contributed by atoms with Crippen LogP contribution in [0.15, 0.2) is 42.6 Å². The van der Waals surface area contributed by atoms with Crippen molar-refractivity contribution < 1.29 is 18.3 Å². The highest BCUT2D eigenvalue weighted by Crippen LogP contribution is 2.21. The fourth-order valence-corrected chi connectivity index (χ4v) is 2.67. The summed E-state index contributed by atoms with van der Waals surface area (Å²) in [7, 11) is 0. The number of ether oxygens (including phenoxy) is 1. The van der Waals surface area contributed by atoms with E-state index in [0.29, 0.717) is 29.3 Å². The van der Waals surface area contributed by atoms with Crippen molar-refractivity contribution in [1.29, 1.82) is 0 Å². The summed E-state index contributed by atoms with van der Waals surface area (Å²) in [5, 5.41) is 16.1. The van der Waals surface area contributed by atoms with Crippen LogP contribution in [0.2, 0.25) is 0 Å². The van der Waals surface area contributed by atoms with Crippen molar-refractivity contribution in [2.24, 2.45) is 0 Å².